The Labute approximate surface area is 133 Å². The molecule has 0 saturated carbocycles. The van der Waals surface area contributed by atoms with Crippen LogP contribution in [-0.4, -0.2) is 11.3 Å². The largest absolute Gasteiger partial charge is 0.451 e. The first-order valence-corrected chi connectivity index (χ1v) is 8.30. The summed E-state index contributed by atoms with van der Waals surface area (Å²) in [6.07, 6.45) is 0.576. The van der Waals surface area contributed by atoms with E-state index in [0.29, 0.717) is 5.92 Å². The van der Waals surface area contributed by atoms with Crippen LogP contribution in [-0.2, 0) is 0 Å². The third kappa shape index (κ3) is 2.44. The topological polar surface area (TPSA) is 31.4 Å². The highest BCUT2D eigenvalue weighted by atomic mass is 32.1. The fourth-order valence-electron chi connectivity index (χ4n) is 2.70. The normalized spacial score (nSPS) is 17.8. The standard InChI is InChI=1S/C18H17NO2S/c1-11-7-8-14-15(9-11)21-17(20-14)10-12(2)18-19-13-5-3-4-6-16(13)22-18/h3-9,12,17H,10H2,1-2H3. The summed E-state index contributed by atoms with van der Waals surface area (Å²) in [4.78, 5) is 4.73. The fourth-order valence-corrected chi connectivity index (χ4v) is 3.73. The van der Waals surface area contributed by atoms with Crippen LogP contribution >= 0.6 is 11.3 Å². The Bertz CT molecular complexity index is 794. The third-order valence-corrected chi connectivity index (χ3v) is 5.16. The van der Waals surface area contributed by atoms with E-state index in [1.165, 1.54) is 10.3 Å². The summed E-state index contributed by atoms with van der Waals surface area (Å²) in [7, 11) is 0. The minimum absolute atomic E-state index is 0.223. The first kappa shape index (κ1) is 13.6. The molecule has 0 spiro atoms. The molecular weight excluding hydrogens is 294 g/mol. The van der Waals surface area contributed by atoms with Gasteiger partial charge in [-0.05, 0) is 36.8 Å². The van der Waals surface area contributed by atoms with E-state index in [2.05, 4.69) is 32.0 Å². The molecule has 0 N–H and O–H groups in total. The fraction of sp³-hybridized carbons (Fsp3) is 0.278. The van der Waals surface area contributed by atoms with E-state index in [1.807, 2.05) is 24.3 Å². The molecule has 0 radical (unpaired) electrons. The first-order valence-electron chi connectivity index (χ1n) is 7.48. The van der Waals surface area contributed by atoms with Crippen molar-refractivity contribution in [3.63, 3.8) is 0 Å². The molecule has 2 aromatic carbocycles. The smallest absolute Gasteiger partial charge is 0.242 e. The number of nitrogens with zero attached hydrogens (tertiary/aromatic N) is 1. The number of fused-ring (bicyclic) bond motifs is 2. The van der Waals surface area contributed by atoms with E-state index in [0.717, 1.165) is 28.4 Å². The third-order valence-electron chi connectivity index (χ3n) is 3.89. The summed E-state index contributed by atoms with van der Waals surface area (Å²) in [6.45, 7) is 4.24. The molecule has 112 valence electrons. The van der Waals surface area contributed by atoms with E-state index >= 15 is 0 Å². The molecule has 1 aliphatic heterocycles. The van der Waals surface area contributed by atoms with Gasteiger partial charge >= 0.3 is 0 Å². The highest BCUT2D eigenvalue weighted by Crippen LogP contribution is 2.38. The van der Waals surface area contributed by atoms with E-state index in [1.54, 1.807) is 11.3 Å². The highest BCUT2D eigenvalue weighted by molar-refractivity contribution is 7.18. The number of para-hydroxylation sites is 1. The molecule has 3 nitrogen and oxygen atoms in total. The number of ether oxygens (including phenoxy) is 2. The van der Waals surface area contributed by atoms with Gasteiger partial charge in [0.25, 0.3) is 0 Å². The average molecular weight is 311 g/mol. The molecule has 0 saturated heterocycles. The molecule has 0 bridgehead atoms. The van der Waals surface area contributed by atoms with Crippen molar-refractivity contribution < 1.29 is 9.47 Å². The van der Waals surface area contributed by atoms with Crippen LogP contribution in [0, 0.1) is 6.92 Å². The first-order chi connectivity index (χ1) is 10.7. The van der Waals surface area contributed by atoms with Crippen LogP contribution in [0.4, 0.5) is 0 Å². The molecule has 3 aromatic rings. The highest BCUT2D eigenvalue weighted by Gasteiger charge is 2.27. The van der Waals surface area contributed by atoms with E-state index < -0.39 is 0 Å². The van der Waals surface area contributed by atoms with Crippen molar-refractivity contribution in [2.75, 3.05) is 0 Å². The zero-order valence-corrected chi connectivity index (χ0v) is 13.4. The Morgan fingerprint density at radius 1 is 1.14 bits per heavy atom. The van der Waals surface area contributed by atoms with Gasteiger partial charge < -0.3 is 9.47 Å². The second-order valence-corrected chi connectivity index (χ2v) is 6.83. The van der Waals surface area contributed by atoms with Crippen molar-refractivity contribution in [2.24, 2.45) is 0 Å². The van der Waals surface area contributed by atoms with Gasteiger partial charge in [0.15, 0.2) is 11.5 Å². The number of rotatable bonds is 3. The predicted molar refractivity (Wildman–Crippen MR) is 88.9 cm³/mol. The van der Waals surface area contributed by atoms with Gasteiger partial charge in [0, 0.05) is 12.3 Å². The molecule has 2 atom stereocenters. The quantitative estimate of drug-likeness (QED) is 0.689. The Balaban J connectivity index is 1.50. The maximum absolute atomic E-state index is 5.91. The average Bonchev–Trinajstić information content (AvgIpc) is 3.09. The van der Waals surface area contributed by atoms with Crippen LogP contribution in [0.3, 0.4) is 0 Å². The molecule has 2 heterocycles. The SMILES string of the molecule is Cc1ccc2c(c1)OC(CC(C)c1nc3ccccc3s1)O2. The zero-order valence-electron chi connectivity index (χ0n) is 12.6. The monoisotopic (exact) mass is 311 g/mol. The second-order valence-electron chi connectivity index (χ2n) is 5.77. The van der Waals surface area contributed by atoms with Gasteiger partial charge in [-0.1, -0.05) is 25.1 Å². The summed E-state index contributed by atoms with van der Waals surface area (Å²) in [5, 5.41) is 1.14. The number of aromatic nitrogens is 1. The van der Waals surface area contributed by atoms with Gasteiger partial charge in [-0.3, -0.25) is 0 Å². The summed E-state index contributed by atoms with van der Waals surface area (Å²) in [6, 6.07) is 14.3. The lowest BCUT2D eigenvalue weighted by Gasteiger charge is -2.14. The molecule has 0 aliphatic carbocycles. The van der Waals surface area contributed by atoms with Crippen LogP contribution in [0.5, 0.6) is 11.5 Å². The van der Waals surface area contributed by atoms with Crippen molar-refractivity contribution in [1.29, 1.82) is 0 Å². The molecule has 0 amide bonds. The second kappa shape index (κ2) is 5.29. The number of benzene rings is 2. The van der Waals surface area contributed by atoms with Crippen molar-refractivity contribution in [2.45, 2.75) is 32.5 Å². The molecule has 22 heavy (non-hydrogen) atoms. The summed E-state index contributed by atoms with van der Waals surface area (Å²) in [5.41, 5.74) is 2.25. The van der Waals surface area contributed by atoms with Crippen molar-refractivity contribution in [3.05, 3.63) is 53.0 Å². The van der Waals surface area contributed by atoms with Gasteiger partial charge in [0.1, 0.15) is 0 Å². The molecule has 0 fully saturated rings. The maximum atomic E-state index is 5.91. The number of aryl methyl sites for hydroxylation is 1. The van der Waals surface area contributed by atoms with Gasteiger partial charge in [0.05, 0.1) is 15.2 Å². The van der Waals surface area contributed by atoms with E-state index in [9.17, 15) is 0 Å². The van der Waals surface area contributed by atoms with Crippen LogP contribution in [0.25, 0.3) is 10.2 Å². The summed E-state index contributed by atoms with van der Waals surface area (Å²) in [5.74, 6) is 1.99. The van der Waals surface area contributed by atoms with E-state index in [-0.39, 0.29) is 6.29 Å². The summed E-state index contributed by atoms with van der Waals surface area (Å²) < 4.78 is 13.0. The summed E-state index contributed by atoms with van der Waals surface area (Å²) >= 11 is 1.75. The molecule has 4 rings (SSSR count). The van der Waals surface area contributed by atoms with Crippen LogP contribution in [0.2, 0.25) is 0 Å². The van der Waals surface area contributed by atoms with Gasteiger partial charge in [-0.15, -0.1) is 11.3 Å². The Kier molecular flexibility index (Phi) is 3.26. The van der Waals surface area contributed by atoms with Crippen molar-refractivity contribution in [3.8, 4) is 11.5 Å². The van der Waals surface area contributed by atoms with Crippen LogP contribution < -0.4 is 9.47 Å². The molecule has 2 unspecified atom stereocenters. The lowest BCUT2D eigenvalue weighted by atomic mass is 10.1. The minimum atomic E-state index is -0.223. The maximum Gasteiger partial charge on any atom is 0.242 e. The van der Waals surface area contributed by atoms with Crippen molar-refractivity contribution in [1.82, 2.24) is 4.98 Å². The molecule has 1 aromatic heterocycles. The Hall–Kier alpha value is -2.07. The Morgan fingerprint density at radius 2 is 1.95 bits per heavy atom. The van der Waals surface area contributed by atoms with E-state index in [4.69, 9.17) is 14.5 Å². The molecular formula is C18H17NO2S. The van der Waals surface area contributed by atoms with Crippen molar-refractivity contribution >= 4 is 21.6 Å². The number of hydrogen-bond donors (Lipinski definition) is 0. The molecule has 4 heteroatoms. The predicted octanol–water partition coefficient (Wildman–Crippen LogP) is 4.90. The van der Waals surface area contributed by atoms with Gasteiger partial charge in [-0.25, -0.2) is 4.98 Å². The van der Waals surface area contributed by atoms with Crippen LogP contribution in [0.1, 0.15) is 29.8 Å². The van der Waals surface area contributed by atoms with Crippen LogP contribution in [0.15, 0.2) is 42.5 Å². The zero-order chi connectivity index (χ0) is 15.1. The minimum Gasteiger partial charge on any atom is -0.451 e. The Morgan fingerprint density at radius 3 is 2.82 bits per heavy atom. The lowest BCUT2D eigenvalue weighted by Crippen LogP contribution is -2.20. The molecule has 1 aliphatic rings. The van der Waals surface area contributed by atoms with Gasteiger partial charge in [0.2, 0.25) is 6.29 Å². The van der Waals surface area contributed by atoms with Gasteiger partial charge in [-0.2, -0.15) is 0 Å². The number of hydrogen-bond acceptors (Lipinski definition) is 4. The number of thiazole rings is 1. The lowest BCUT2D eigenvalue weighted by molar-refractivity contribution is 0.0367.